The van der Waals surface area contributed by atoms with Gasteiger partial charge in [0.25, 0.3) is 0 Å². The molecule has 9 fully saturated rings. The van der Waals surface area contributed by atoms with E-state index in [1.54, 1.807) is 0 Å². The van der Waals surface area contributed by atoms with E-state index in [-0.39, 0.29) is 52.4 Å². The predicted molar refractivity (Wildman–Crippen MR) is 263 cm³/mol. The fourth-order valence-corrected chi connectivity index (χ4v) is 17.3. The molecule has 0 amide bonds. The summed E-state index contributed by atoms with van der Waals surface area (Å²) >= 11 is 0. The van der Waals surface area contributed by atoms with E-state index in [1.165, 1.54) is 6.92 Å². The highest BCUT2D eigenvalue weighted by Crippen LogP contribution is 2.78. The lowest BCUT2D eigenvalue weighted by atomic mass is 9.32. The smallest absolute Gasteiger partial charge is 0.314 e. The first-order chi connectivity index (χ1) is 36.2. The molecule has 4 aliphatic heterocycles. The fourth-order valence-electron chi connectivity index (χ4n) is 17.3. The van der Waals surface area contributed by atoms with Gasteiger partial charge in [0, 0.05) is 5.41 Å². The number of esters is 1. The van der Waals surface area contributed by atoms with E-state index in [0.717, 1.165) is 37.7 Å². The second-order valence-electron chi connectivity index (χ2n) is 25.6. The van der Waals surface area contributed by atoms with Gasteiger partial charge in [-0.2, -0.15) is 0 Å². The molecule has 1 unspecified atom stereocenters. The Kier molecular flexibility index (Phi) is 17.3. The lowest BCUT2D eigenvalue weighted by molar-refractivity contribution is -0.361. The van der Waals surface area contributed by atoms with E-state index in [0.29, 0.717) is 32.1 Å². The molecule has 5 saturated carbocycles. The number of fused-ring (bicyclic) bond motifs is 7. The van der Waals surface area contributed by atoms with E-state index >= 15 is 4.79 Å². The Labute approximate surface area is 449 Å². The fraction of sp³-hybridized carbons (Fsp3) is 0.944. The Morgan fingerprint density at radius 3 is 1.78 bits per heavy atom. The predicted octanol–water partition coefficient (Wildman–Crippen LogP) is -2.18. The summed E-state index contributed by atoms with van der Waals surface area (Å²) in [5.41, 5.74) is -1.59. The zero-order valence-electron chi connectivity index (χ0n) is 45.1. The second kappa shape index (κ2) is 22.2. The van der Waals surface area contributed by atoms with Gasteiger partial charge in [0.05, 0.1) is 44.1 Å². The normalized spacial score (nSPS) is 55.8. The van der Waals surface area contributed by atoms with Crippen LogP contribution < -0.4 is 0 Å². The molecule has 0 aromatic carbocycles. The van der Waals surface area contributed by atoms with Crippen molar-refractivity contribution in [1.82, 2.24) is 0 Å². The summed E-state index contributed by atoms with van der Waals surface area (Å²) < 4.78 is 47.1. The highest BCUT2D eigenvalue weighted by molar-refractivity contribution is 5.78. The SMILES string of the molecule is C=C(C)[C@@H]1CC[C@]2(C(=O)O[C@@H]3O[C@H](CO[C@@H]4O[C@H](CO)[C@@H](O[C@@H]5O[C@@H](C)[C@H](O)[C@@H](O)[C@H]5O)[C@H](O)[C@H]4O)[C@@H](O)[C@H](O)[C@H]3O)CC[C@@]3(C)[C@H](CC[C@@H]4[C@@]5(C)CCC(O[C@@H]6O[C@H](CO)[C@@H](O)[C@H](O)[C@H]6O)[C@@](C)(CO)[C@@H]5CC[C@]43C)[C@@H]12. The van der Waals surface area contributed by atoms with Crippen LogP contribution in [0.25, 0.3) is 0 Å². The molecule has 0 radical (unpaired) electrons. The van der Waals surface area contributed by atoms with Crippen LogP contribution in [0.5, 0.6) is 0 Å². The Morgan fingerprint density at radius 2 is 1.14 bits per heavy atom. The largest absolute Gasteiger partial charge is 0.432 e. The van der Waals surface area contributed by atoms with Gasteiger partial charge >= 0.3 is 5.97 Å². The van der Waals surface area contributed by atoms with Crippen molar-refractivity contribution in [2.75, 3.05) is 26.4 Å². The van der Waals surface area contributed by atoms with Gasteiger partial charge in [-0.1, -0.05) is 39.8 Å². The number of hydrogen-bond donors (Lipinski definition) is 14. The van der Waals surface area contributed by atoms with Crippen LogP contribution in [0.1, 0.15) is 106 Å². The van der Waals surface area contributed by atoms with Crippen LogP contribution in [-0.2, 0) is 42.7 Å². The zero-order valence-corrected chi connectivity index (χ0v) is 45.1. The molecule has 9 rings (SSSR count). The molecule has 4 heterocycles. The van der Waals surface area contributed by atoms with Crippen molar-refractivity contribution < 1.29 is 114 Å². The molecule has 0 bridgehead atoms. The molecule has 14 N–H and O–H groups in total. The summed E-state index contributed by atoms with van der Waals surface area (Å²) in [5, 5.41) is 150. The summed E-state index contributed by atoms with van der Waals surface area (Å²) in [6.07, 6.45) is -25.6. The number of allylic oxidation sites excluding steroid dienone is 1. The van der Waals surface area contributed by atoms with Crippen molar-refractivity contribution in [3.63, 3.8) is 0 Å². The van der Waals surface area contributed by atoms with Crippen molar-refractivity contribution in [3.8, 4) is 0 Å². The summed E-state index contributed by atoms with van der Waals surface area (Å²) in [5.74, 6) is -0.592. The van der Waals surface area contributed by atoms with Crippen LogP contribution in [0.4, 0.5) is 0 Å². The third-order valence-electron chi connectivity index (χ3n) is 21.9. The summed E-state index contributed by atoms with van der Waals surface area (Å²) in [4.78, 5) is 15.1. The van der Waals surface area contributed by atoms with Crippen LogP contribution >= 0.6 is 0 Å². The lowest BCUT2D eigenvalue weighted by Crippen LogP contribution is -2.68. The number of rotatable bonds is 13. The summed E-state index contributed by atoms with van der Waals surface area (Å²) in [7, 11) is 0. The first-order valence-corrected chi connectivity index (χ1v) is 27.9. The highest BCUT2D eigenvalue weighted by atomic mass is 16.8. The maximum Gasteiger partial charge on any atom is 0.314 e. The average Bonchev–Trinajstić information content (AvgIpc) is 3.83. The topological polar surface area (TPSA) is 374 Å². The Hall–Kier alpha value is -1.63. The van der Waals surface area contributed by atoms with Crippen LogP contribution in [-0.4, -0.2) is 233 Å². The van der Waals surface area contributed by atoms with Gasteiger partial charge in [0.2, 0.25) is 6.29 Å². The average molecular weight is 1110 g/mol. The molecular weight excluding hydrogens is 1020 g/mol. The van der Waals surface area contributed by atoms with Gasteiger partial charge in [0.1, 0.15) is 91.6 Å². The minimum atomic E-state index is -1.89. The minimum Gasteiger partial charge on any atom is -0.432 e. The maximum atomic E-state index is 15.1. The third-order valence-corrected chi connectivity index (χ3v) is 21.9. The van der Waals surface area contributed by atoms with Crippen molar-refractivity contribution in [2.24, 2.45) is 56.7 Å². The molecule has 77 heavy (non-hydrogen) atoms. The number of ether oxygens (including phenoxy) is 8. The molecule has 0 spiro atoms. The van der Waals surface area contributed by atoms with Gasteiger partial charge in [0.15, 0.2) is 18.9 Å². The molecule has 23 heteroatoms. The first-order valence-electron chi connectivity index (χ1n) is 27.9. The number of hydrogen-bond acceptors (Lipinski definition) is 23. The van der Waals surface area contributed by atoms with E-state index < -0.39 is 166 Å². The van der Waals surface area contributed by atoms with E-state index in [9.17, 15) is 71.5 Å². The Bertz CT molecular complexity index is 2090. The molecule has 5 aliphatic carbocycles. The molecule has 0 aromatic rings. The van der Waals surface area contributed by atoms with Gasteiger partial charge < -0.3 is 109 Å². The molecule has 9 aliphatic rings. The van der Waals surface area contributed by atoms with Gasteiger partial charge in [-0.3, -0.25) is 4.79 Å². The quantitative estimate of drug-likeness (QED) is 0.0530. The molecule has 23 nitrogen and oxygen atoms in total. The number of carbonyl (C=O) groups is 1. The van der Waals surface area contributed by atoms with Crippen LogP contribution in [0.15, 0.2) is 12.2 Å². The third kappa shape index (κ3) is 9.61. The van der Waals surface area contributed by atoms with Crippen LogP contribution in [0.3, 0.4) is 0 Å². The van der Waals surface area contributed by atoms with Crippen molar-refractivity contribution >= 4 is 5.97 Å². The molecular formula is C54H88O23. The molecule has 0 aromatic heterocycles. The Morgan fingerprint density at radius 1 is 0.558 bits per heavy atom. The molecule has 442 valence electrons. The monoisotopic (exact) mass is 1100 g/mol. The first kappa shape index (κ1) is 60.0. The van der Waals surface area contributed by atoms with Gasteiger partial charge in [-0.05, 0) is 124 Å². The van der Waals surface area contributed by atoms with E-state index in [4.69, 9.17) is 37.9 Å². The van der Waals surface area contributed by atoms with E-state index in [1.807, 2.05) is 13.8 Å². The molecule has 31 atom stereocenters. The standard InChI is InChI=1S/C54H88O23/c1-22(2)24-10-15-54(49(69)77-48-42(67)38(63)35(60)28(74-48)20-70-45-43(68)39(64)44(27(19-56)73-45)76-46-40(65)36(61)33(58)23(3)71-46)17-16-52(6)25(32(24)54)8-9-30-50(4)13-12-31(51(5,21-57)29(50)11-14-53(30,52)7)75-47-41(66)37(62)34(59)26(18-55)72-47/h23-48,55-68H,1,8-21H2,2-7H3/t23-,24-,25+,26+,27+,28+,29+,30+,31?,32+,33-,34+,35+,36+,37-,38-,39+,40+,41+,42+,43+,44+,45+,46-,47-,48-,50-,51-,52-,53+,54-/m0/s1. The van der Waals surface area contributed by atoms with Crippen molar-refractivity contribution in [1.29, 1.82) is 0 Å². The number of carbonyl (C=O) groups excluding carboxylic acids is 1. The number of aliphatic hydroxyl groups is 14. The van der Waals surface area contributed by atoms with Crippen LogP contribution in [0, 0.1) is 56.7 Å². The zero-order chi connectivity index (χ0) is 56.2. The van der Waals surface area contributed by atoms with E-state index in [2.05, 4.69) is 27.4 Å². The summed E-state index contributed by atoms with van der Waals surface area (Å²) in [6, 6.07) is 0. The highest BCUT2D eigenvalue weighted by Gasteiger charge is 2.73. The maximum absolute atomic E-state index is 15.1. The summed E-state index contributed by atoms with van der Waals surface area (Å²) in [6.45, 7) is 14.7. The van der Waals surface area contributed by atoms with Crippen LogP contribution in [0.2, 0.25) is 0 Å². The van der Waals surface area contributed by atoms with Crippen molar-refractivity contribution in [2.45, 2.75) is 235 Å². The second-order valence-corrected chi connectivity index (χ2v) is 25.6. The molecule has 4 saturated heterocycles. The Balaban J connectivity index is 0.886. The minimum absolute atomic E-state index is 0.00860. The number of aliphatic hydroxyl groups excluding tert-OH is 14. The van der Waals surface area contributed by atoms with Crippen molar-refractivity contribution in [3.05, 3.63) is 12.2 Å². The lowest BCUT2D eigenvalue weighted by Gasteiger charge is -2.73. The van der Waals surface area contributed by atoms with Gasteiger partial charge in [-0.25, -0.2) is 0 Å². The van der Waals surface area contributed by atoms with Gasteiger partial charge in [-0.15, -0.1) is 0 Å².